The molecule has 134 valence electrons. The van der Waals surface area contributed by atoms with Crippen molar-refractivity contribution in [1.29, 1.82) is 0 Å². The summed E-state index contributed by atoms with van der Waals surface area (Å²) in [5.74, 6) is 0. The van der Waals surface area contributed by atoms with Crippen LogP contribution in [0.25, 0.3) is 22.2 Å². The van der Waals surface area contributed by atoms with Gasteiger partial charge in [-0.05, 0) is 49.6 Å². The van der Waals surface area contributed by atoms with Crippen LogP contribution in [-0.2, 0) is 0 Å². The van der Waals surface area contributed by atoms with Gasteiger partial charge in [0.1, 0.15) is 0 Å². The second-order valence-electron chi connectivity index (χ2n) is 7.26. The molecule has 0 atom stereocenters. The standard InChI is InChI=1S/C24H23N3/c1-18-21(23-11-10-19-8-2-3-9-22(19)25-23)16-20(26-12-4-5-13-26)17-24(18)27-14-6-7-15-27/h2-4,6,8-12,14,16-17H,5,7,13,15H2,1H3. The molecule has 0 spiro atoms. The molecule has 0 saturated heterocycles. The molecule has 5 rings (SSSR count). The Morgan fingerprint density at radius 2 is 1.63 bits per heavy atom. The van der Waals surface area contributed by atoms with Crippen LogP contribution in [0.15, 0.2) is 73.1 Å². The third-order valence-electron chi connectivity index (χ3n) is 5.52. The van der Waals surface area contributed by atoms with Gasteiger partial charge < -0.3 is 9.80 Å². The van der Waals surface area contributed by atoms with Gasteiger partial charge in [-0.3, -0.25) is 0 Å². The number of anilines is 2. The van der Waals surface area contributed by atoms with Gasteiger partial charge in [0.05, 0.1) is 11.2 Å². The number of rotatable bonds is 3. The summed E-state index contributed by atoms with van der Waals surface area (Å²) >= 11 is 0. The molecule has 0 unspecified atom stereocenters. The lowest BCUT2D eigenvalue weighted by Crippen LogP contribution is -2.17. The van der Waals surface area contributed by atoms with Crippen LogP contribution in [0.3, 0.4) is 0 Å². The number of hydrogen-bond acceptors (Lipinski definition) is 3. The van der Waals surface area contributed by atoms with Gasteiger partial charge in [-0.25, -0.2) is 4.98 Å². The van der Waals surface area contributed by atoms with Crippen molar-refractivity contribution in [1.82, 2.24) is 4.98 Å². The van der Waals surface area contributed by atoms with Crippen LogP contribution in [0, 0.1) is 6.92 Å². The van der Waals surface area contributed by atoms with Crippen molar-refractivity contribution in [2.75, 3.05) is 22.9 Å². The Labute approximate surface area is 160 Å². The summed E-state index contributed by atoms with van der Waals surface area (Å²) in [6, 6.07) is 17.3. The Kier molecular flexibility index (Phi) is 3.93. The van der Waals surface area contributed by atoms with Crippen molar-refractivity contribution in [2.24, 2.45) is 0 Å². The minimum atomic E-state index is 1.04. The van der Waals surface area contributed by atoms with Gasteiger partial charge in [-0.2, -0.15) is 0 Å². The molecule has 3 heteroatoms. The van der Waals surface area contributed by atoms with Gasteiger partial charge >= 0.3 is 0 Å². The highest BCUT2D eigenvalue weighted by molar-refractivity contribution is 5.85. The van der Waals surface area contributed by atoms with Crippen LogP contribution in [0.1, 0.15) is 18.4 Å². The highest BCUT2D eigenvalue weighted by Crippen LogP contribution is 2.37. The summed E-state index contributed by atoms with van der Waals surface area (Å²) in [6.45, 7) is 4.31. The Balaban J connectivity index is 1.69. The van der Waals surface area contributed by atoms with E-state index in [1.54, 1.807) is 0 Å². The lowest BCUT2D eigenvalue weighted by molar-refractivity contribution is 0.979. The molecule has 1 aromatic heterocycles. The zero-order valence-electron chi connectivity index (χ0n) is 15.6. The van der Waals surface area contributed by atoms with Gasteiger partial charge in [0.15, 0.2) is 0 Å². The van der Waals surface area contributed by atoms with E-state index in [1.165, 1.54) is 27.9 Å². The summed E-state index contributed by atoms with van der Waals surface area (Å²) in [6.07, 6.45) is 11.1. The largest absolute Gasteiger partial charge is 0.348 e. The molecule has 0 N–H and O–H groups in total. The summed E-state index contributed by atoms with van der Waals surface area (Å²) < 4.78 is 0. The average molecular weight is 353 g/mol. The van der Waals surface area contributed by atoms with Crippen LogP contribution in [-0.4, -0.2) is 18.1 Å². The lowest BCUT2D eigenvalue weighted by atomic mass is 10.00. The summed E-state index contributed by atoms with van der Waals surface area (Å²) in [4.78, 5) is 9.67. The number of benzene rings is 2. The van der Waals surface area contributed by atoms with Crippen LogP contribution in [0.5, 0.6) is 0 Å². The molecule has 0 radical (unpaired) electrons. The fourth-order valence-corrected chi connectivity index (χ4v) is 4.03. The molecule has 0 amide bonds. The monoisotopic (exact) mass is 353 g/mol. The van der Waals surface area contributed by atoms with Crippen molar-refractivity contribution in [3.63, 3.8) is 0 Å². The van der Waals surface area contributed by atoms with Crippen molar-refractivity contribution >= 4 is 22.3 Å². The van der Waals surface area contributed by atoms with E-state index in [0.717, 1.165) is 37.1 Å². The maximum Gasteiger partial charge on any atom is 0.0713 e. The molecular weight excluding hydrogens is 330 g/mol. The zero-order chi connectivity index (χ0) is 18.2. The van der Waals surface area contributed by atoms with E-state index >= 15 is 0 Å². The van der Waals surface area contributed by atoms with Crippen LogP contribution in [0.4, 0.5) is 11.4 Å². The normalized spacial score (nSPS) is 16.0. The van der Waals surface area contributed by atoms with E-state index in [9.17, 15) is 0 Å². The first-order valence-corrected chi connectivity index (χ1v) is 9.67. The molecule has 0 bridgehead atoms. The van der Waals surface area contributed by atoms with E-state index in [-0.39, 0.29) is 0 Å². The van der Waals surface area contributed by atoms with E-state index < -0.39 is 0 Å². The molecule has 0 aliphatic carbocycles. The first-order valence-electron chi connectivity index (χ1n) is 9.67. The molecule has 3 heterocycles. The van der Waals surface area contributed by atoms with Gasteiger partial charge in [-0.1, -0.05) is 36.4 Å². The number of aromatic nitrogens is 1. The molecule has 0 saturated carbocycles. The molecule has 3 nitrogen and oxygen atoms in total. The van der Waals surface area contributed by atoms with E-state index in [2.05, 4.69) is 89.8 Å². The molecule has 2 aliphatic rings. The first kappa shape index (κ1) is 16.1. The van der Waals surface area contributed by atoms with Gasteiger partial charge in [0.25, 0.3) is 0 Å². The molecule has 2 aromatic carbocycles. The third kappa shape index (κ3) is 2.89. The number of nitrogens with zero attached hydrogens (tertiary/aromatic N) is 3. The Hall–Kier alpha value is -3.07. The average Bonchev–Trinajstić information content (AvgIpc) is 3.42. The first-order chi connectivity index (χ1) is 13.3. The molecular formula is C24H23N3. The fourth-order valence-electron chi connectivity index (χ4n) is 4.03. The van der Waals surface area contributed by atoms with Crippen LogP contribution in [0.2, 0.25) is 0 Å². The predicted molar refractivity (Wildman–Crippen MR) is 114 cm³/mol. The molecule has 27 heavy (non-hydrogen) atoms. The number of hydrogen-bond donors (Lipinski definition) is 0. The van der Waals surface area contributed by atoms with E-state index in [1.807, 2.05) is 0 Å². The van der Waals surface area contributed by atoms with E-state index in [4.69, 9.17) is 4.98 Å². The predicted octanol–water partition coefficient (Wildman–Crippen LogP) is 5.66. The summed E-state index contributed by atoms with van der Waals surface area (Å²) in [5, 5.41) is 1.18. The third-order valence-corrected chi connectivity index (χ3v) is 5.52. The number of pyridine rings is 1. The quantitative estimate of drug-likeness (QED) is 0.606. The van der Waals surface area contributed by atoms with Gasteiger partial charge in [0, 0.05) is 47.8 Å². The summed E-state index contributed by atoms with van der Waals surface area (Å²) in [7, 11) is 0. The Morgan fingerprint density at radius 3 is 2.41 bits per heavy atom. The van der Waals surface area contributed by atoms with Crippen LogP contribution < -0.4 is 9.80 Å². The Bertz CT molecular complexity index is 1060. The topological polar surface area (TPSA) is 19.4 Å². The van der Waals surface area contributed by atoms with Crippen molar-refractivity contribution in [3.05, 3.63) is 78.6 Å². The van der Waals surface area contributed by atoms with Crippen LogP contribution >= 0.6 is 0 Å². The highest BCUT2D eigenvalue weighted by Gasteiger charge is 2.18. The maximum atomic E-state index is 4.97. The minimum Gasteiger partial charge on any atom is -0.348 e. The lowest BCUT2D eigenvalue weighted by Gasteiger charge is -2.25. The second kappa shape index (κ2) is 6.58. The zero-order valence-corrected chi connectivity index (χ0v) is 15.6. The second-order valence-corrected chi connectivity index (χ2v) is 7.26. The van der Waals surface area contributed by atoms with Crippen molar-refractivity contribution < 1.29 is 0 Å². The molecule has 3 aromatic rings. The summed E-state index contributed by atoms with van der Waals surface area (Å²) in [5.41, 5.74) is 7.12. The fraction of sp³-hybridized carbons (Fsp3) is 0.208. The highest BCUT2D eigenvalue weighted by atomic mass is 15.1. The number of para-hydroxylation sites is 1. The van der Waals surface area contributed by atoms with Crippen molar-refractivity contribution in [3.8, 4) is 11.3 Å². The smallest absolute Gasteiger partial charge is 0.0713 e. The van der Waals surface area contributed by atoms with E-state index in [0.29, 0.717) is 0 Å². The maximum absolute atomic E-state index is 4.97. The number of fused-ring (bicyclic) bond motifs is 1. The van der Waals surface area contributed by atoms with Crippen molar-refractivity contribution in [2.45, 2.75) is 19.8 Å². The minimum absolute atomic E-state index is 1.04. The Morgan fingerprint density at radius 1 is 0.852 bits per heavy atom. The molecule has 0 fully saturated rings. The van der Waals surface area contributed by atoms with Gasteiger partial charge in [0.2, 0.25) is 0 Å². The van der Waals surface area contributed by atoms with Gasteiger partial charge in [-0.15, -0.1) is 0 Å². The SMILES string of the molecule is Cc1c(-c2ccc3ccccc3n2)cc(N2C=CCC2)cc1N1C=CCC1. The molecule has 2 aliphatic heterocycles.